The molecule has 0 aromatic heterocycles. The highest BCUT2D eigenvalue weighted by Crippen LogP contribution is 2.21. The van der Waals surface area contributed by atoms with E-state index in [0.29, 0.717) is 24.6 Å². The topological polar surface area (TPSA) is 66.5 Å². The maximum Gasteiger partial charge on any atom is 0.253 e. The number of halogens is 1. The number of anilines is 1. The summed E-state index contributed by atoms with van der Waals surface area (Å²) in [6.45, 7) is 3.52. The molecule has 0 spiro atoms. The molecule has 1 heterocycles. The molecule has 7 heteroatoms. The predicted octanol–water partition coefficient (Wildman–Crippen LogP) is 2.46. The number of hydrogen-bond donors (Lipinski definition) is 1. The second-order valence-corrected chi connectivity index (χ2v) is 7.65. The van der Waals surface area contributed by atoms with Crippen LogP contribution in [0.1, 0.15) is 36.5 Å². The molecule has 1 aliphatic rings. The van der Waals surface area contributed by atoms with Gasteiger partial charge < -0.3 is 4.90 Å². The highest BCUT2D eigenvalue weighted by molar-refractivity contribution is 7.92. The SMILES string of the molecule is C[C@H]1CCCN(C(=O)c2ccc(F)c(NS(C)(=O)=O)c2)CC1. The second kappa shape index (κ2) is 6.64. The van der Waals surface area contributed by atoms with Crippen LogP contribution in [0.4, 0.5) is 10.1 Å². The molecule has 1 saturated heterocycles. The van der Waals surface area contributed by atoms with Crippen LogP contribution in [-0.2, 0) is 10.0 Å². The Kier molecular flexibility index (Phi) is 5.05. The van der Waals surface area contributed by atoms with E-state index in [1.807, 2.05) is 0 Å². The highest BCUT2D eigenvalue weighted by Gasteiger charge is 2.21. The number of carbonyl (C=O) groups excluding carboxylic acids is 1. The Labute approximate surface area is 130 Å². The minimum Gasteiger partial charge on any atom is -0.339 e. The molecular formula is C15H21FN2O3S. The van der Waals surface area contributed by atoms with Gasteiger partial charge >= 0.3 is 0 Å². The Hall–Kier alpha value is -1.63. The van der Waals surface area contributed by atoms with Crippen molar-refractivity contribution < 1.29 is 17.6 Å². The summed E-state index contributed by atoms with van der Waals surface area (Å²) in [4.78, 5) is 14.3. The lowest BCUT2D eigenvalue weighted by atomic mass is 10.0. The molecule has 122 valence electrons. The molecule has 2 rings (SSSR count). The van der Waals surface area contributed by atoms with E-state index in [1.165, 1.54) is 12.1 Å². The van der Waals surface area contributed by atoms with Crippen LogP contribution in [-0.4, -0.2) is 38.6 Å². The van der Waals surface area contributed by atoms with E-state index in [1.54, 1.807) is 4.90 Å². The summed E-state index contributed by atoms with van der Waals surface area (Å²) in [5.74, 6) is -0.300. The van der Waals surface area contributed by atoms with Gasteiger partial charge in [0.25, 0.3) is 5.91 Å². The first-order valence-corrected chi connectivity index (χ1v) is 9.22. The smallest absolute Gasteiger partial charge is 0.253 e. The van der Waals surface area contributed by atoms with Crippen LogP contribution < -0.4 is 4.72 Å². The fourth-order valence-corrected chi connectivity index (χ4v) is 3.14. The van der Waals surface area contributed by atoms with Gasteiger partial charge in [0.1, 0.15) is 5.82 Å². The Balaban J connectivity index is 2.21. The average molecular weight is 328 g/mol. The van der Waals surface area contributed by atoms with Crippen LogP contribution in [0.15, 0.2) is 18.2 Å². The molecule has 1 fully saturated rings. The van der Waals surface area contributed by atoms with E-state index in [0.717, 1.165) is 31.6 Å². The molecule has 1 amide bonds. The zero-order valence-corrected chi connectivity index (χ0v) is 13.6. The van der Waals surface area contributed by atoms with Crippen molar-refractivity contribution in [3.05, 3.63) is 29.6 Å². The molecule has 5 nitrogen and oxygen atoms in total. The number of nitrogens with one attached hydrogen (secondary N) is 1. The standard InChI is InChI=1S/C15H21FN2O3S/c1-11-4-3-8-18(9-7-11)15(19)12-5-6-13(16)14(10-12)17-22(2,20)21/h5-6,10-11,17H,3-4,7-9H2,1-2H3/t11-/m0/s1. The van der Waals surface area contributed by atoms with E-state index in [2.05, 4.69) is 11.6 Å². The molecule has 22 heavy (non-hydrogen) atoms. The molecule has 0 saturated carbocycles. The maximum absolute atomic E-state index is 13.7. The van der Waals surface area contributed by atoms with Gasteiger partial charge in [-0.05, 0) is 43.4 Å². The largest absolute Gasteiger partial charge is 0.339 e. The van der Waals surface area contributed by atoms with Crippen LogP contribution in [0.2, 0.25) is 0 Å². The molecule has 0 bridgehead atoms. The number of likely N-dealkylation sites (tertiary alicyclic amines) is 1. The number of hydrogen-bond acceptors (Lipinski definition) is 3. The van der Waals surface area contributed by atoms with Crippen LogP contribution >= 0.6 is 0 Å². The number of rotatable bonds is 3. The maximum atomic E-state index is 13.7. The molecular weight excluding hydrogens is 307 g/mol. The fourth-order valence-electron chi connectivity index (χ4n) is 2.58. The zero-order valence-electron chi connectivity index (χ0n) is 12.8. The number of benzene rings is 1. The summed E-state index contributed by atoms with van der Waals surface area (Å²) in [6.07, 6.45) is 3.93. The van der Waals surface area contributed by atoms with Gasteiger partial charge in [0, 0.05) is 18.7 Å². The molecule has 0 aliphatic carbocycles. The monoisotopic (exact) mass is 328 g/mol. The van der Waals surface area contributed by atoms with Crippen LogP contribution in [0.5, 0.6) is 0 Å². The quantitative estimate of drug-likeness (QED) is 0.927. The van der Waals surface area contributed by atoms with Gasteiger partial charge in [0.15, 0.2) is 0 Å². The first kappa shape index (κ1) is 16.7. The summed E-state index contributed by atoms with van der Waals surface area (Å²) in [5, 5.41) is 0. The summed E-state index contributed by atoms with van der Waals surface area (Å²) < 4.78 is 38.3. The second-order valence-electron chi connectivity index (χ2n) is 5.90. The lowest BCUT2D eigenvalue weighted by Crippen LogP contribution is -2.32. The molecule has 1 aromatic rings. The van der Waals surface area contributed by atoms with Crippen molar-refractivity contribution >= 4 is 21.6 Å². The lowest BCUT2D eigenvalue weighted by Gasteiger charge is -2.21. The van der Waals surface area contributed by atoms with Crippen molar-refractivity contribution in [3.63, 3.8) is 0 Å². The highest BCUT2D eigenvalue weighted by atomic mass is 32.2. The predicted molar refractivity (Wildman–Crippen MR) is 83.8 cm³/mol. The third-order valence-electron chi connectivity index (χ3n) is 3.81. The van der Waals surface area contributed by atoms with Gasteiger partial charge in [-0.3, -0.25) is 9.52 Å². The minimum absolute atomic E-state index is 0.189. The number of carbonyl (C=O) groups is 1. The van der Waals surface area contributed by atoms with E-state index in [9.17, 15) is 17.6 Å². The third kappa shape index (κ3) is 4.43. The number of sulfonamides is 1. The Morgan fingerprint density at radius 2 is 2.05 bits per heavy atom. The molecule has 1 aromatic carbocycles. The number of nitrogens with zero attached hydrogens (tertiary/aromatic N) is 1. The van der Waals surface area contributed by atoms with Crippen molar-refractivity contribution in [2.24, 2.45) is 5.92 Å². The Morgan fingerprint density at radius 3 is 2.73 bits per heavy atom. The normalized spacial score (nSPS) is 19.6. The summed E-state index contributed by atoms with van der Waals surface area (Å²) >= 11 is 0. The summed E-state index contributed by atoms with van der Waals surface area (Å²) in [5.41, 5.74) is 0.0960. The molecule has 0 radical (unpaired) electrons. The Bertz CT molecular complexity index is 661. The minimum atomic E-state index is -3.60. The summed E-state index contributed by atoms with van der Waals surface area (Å²) in [7, 11) is -3.60. The van der Waals surface area contributed by atoms with Gasteiger partial charge in [-0.15, -0.1) is 0 Å². The van der Waals surface area contributed by atoms with Crippen LogP contribution in [0.25, 0.3) is 0 Å². The van der Waals surface area contributed by atoms with Crippen LogP contribution in [0, 0.1) is 11.7 Å². The van der Waals surface area contributed by atoms with E-state index >= 15 is 0 Å². The van der Waals surface area contributed by atoms with E-state index < -0.39 is 15.8 Å². The van der Waals surface area contributed by atoms with E-state index in [-0.39, 0.29) is 11.6 Å². The van der Waals surface area contributed by atoms with Crippen molar-refractivity contribution in [2.75, 3.05) is 24.1 Å². The third-order valence-corrected chi connectivity index (χ3v) is 4.40. The molecule has 1 N–H and O–H groups in total. The Morgan fingerprint density at radius 1 is 1.32 bits per heavy atom. The lowest BCUT2D eigenvalue weighted by molar-refractivity contribution is 0.0760. The van der Waals surface area contributed by atoms with Crippen molar-refractivity contribution in [1.29, 1.82) is 0 Å². The van der Waals surface area contributed by atoms with Gasteiger partial charge in [0.05, 0.1) is 11.9 Å². The fraction of sp³-hybridized carbons (Fsp3) is 0.533. The van der Waals surface area contributed by atoms with Gasteiger partial charge in [0.2, 0.25) is 10.0 Å². The zero-order chi connectivity index (χ0) is 16.3. The summed E-state index contributed by atoms with van der Waals surface area (Å²) in [6, 6.07) is 3.76. The molecule has 0 unspecified atom stereocenters. The molecule has 1 aliphatic heterocycles. The van der Waals surface area contributed by atoms with E-state index in [4.69, 9.17) is 0 Å². The van der Waals surface area contributed by atoms with Gasteiger partial charge in [-0.2, -0.15) is 0 Å². The van der Waals surface area contributed by atoms with Gasteiger partial charge in [-0.25, -0.2) is 12.8 Å². The van der Waals surface area contributed by atoms with Crippen molar-refractivity contribution in [3.8, 4) is 0 Å². The average Bonchev–Trinajstić information content (AvgIpc) is 2.64. The first-order valence-electron chi connectivity index (χ1n) is 7.33. The number of amides is 1. The molecule has 1 atom stereocenters. The van der Waals surface area contributed by atoms with Crippen molar-refractivity contribution in [2.45, 2.75) is 26.2 Å². The first-order chi connectivity index (χ1) is 10.3. The van der Waals surface area contributed by atoms with Crippen molar-refractivity contribution in [1.82, 2.24) is 4.90 Å². The van der Waals surface area contributed by atoms with Crippen LogP contribution in [0.3, 0.4) is 0 Å². The van der Waals surface area contributed by atoms with Gasteiger partial charge in [-0.1, -0.05) is 6.92 Å².